The molecule has 0 aliphatic rings. The van der Waals surface area contributed by atoms with Crippen LogP contribution in [0.15, 0.2) is 53.4 Å². The number of hydrogen-bond acceptors (Lipinski definition) is 4. The van der Waals surface area contributed by atoms with Gasteiger partial charge in [-0.15, -0.1) is 0 Å². The fourth-order valence-electron chi connectivity index (χ4n) is 2.57. The minimum atomic E-state index is -3.30. The SMILES string of the molecule is CC(C)S(=O)(=O)c1ccc(CC(=O)NCC#Cc2ccccc2N(C)C)cc1. The van der Waals surface area contributed by atoms with E-state index in [0.29, 0.717) is 0 Å². The Labute approximate surface area is 167 Å². The Morgan fingerprint density at radius 3 is 2.32 bits per heavy atom. The van der Waals surface area contributed by atoms with Gasteiger partial charge in [-0.05, 0) is 43.7 Å². The van der Waals surface area contributed by atoms with Crippen LogP contribution in [0.5, 0.6) is 0 Å². The van der Waals surface area contributed by atoms with Gasteiger partial charge in [0, 0.05) is 19.7 Å². The molecule has 28 heavy (non-hydrogen) atoms. The molecule has 0 bridgehead atoms. The van der Waals surface area contributed by atoms with Crippen molar-refractivity contribution in [1.29, 1.82) is 0 Å². The molecule has 0 aliphatic heterocycles. The second-order valence-electron chi connectivity index (χ2n) is 6.90. The van der Waals surface area contributed by atoms with Crippen molar-refractivity contribution in [3.05, 3.63) is 59.7 Å². The smallest absolute Gasteiger partial charge is 0.225 e. The summed E-state index contributed by atoms with van der Waals surface area (Å²) in [6.45, 7) is 3.55. The fraction of sp³-hybridized carbons (Fsp3) is 0.318. The van der Waals surface area contributed by atoms with E-state index in [9.17, 15) is 13.2 Å². The molecule has 0 aliphatic carbocycles. The number of para-hydroxylation sites is 1. The quantitative estimate of drug-likeness (QED) is 0.760. The van der Waals surface area contributed by atoms with E-state index in [1.165, 1.54) is 0 Å². The zero-order chi connectivity index (χ0) is 20.7. The number of rotatable bonds is 6. The van der Waals surface area contributed by atoms with Crippen molar-refractivity contribution >= 4 is 21.4 Å². The monoisotopic (exact) mass is 398 g/mol. The molecule has 0 aromatic heterocycles. The predicted octanol–water partition coefficient (Wildman–Crippen LogP) is 2.65. The highest BCUT2D eigenvalue weighted by Crippen LogP contribution is 2.17. The van der Waals surface area contributed by atoms with Crippen LogP contribution in [0.1, 0.15) is 25.0 Å². The van der Waals surface area contributed by atoms with Crippen LogP contribution in [0.2, 0.25) is 0 Å². The van der Waals surface area contributed by atoms with Gasteiger partial charge in [-0.2, -0.15) is 0 Å². The summed E-state index contributed by atoms with van der Waals surface area (Å²) in [5.74, 6) is 5.88. The summed E-state index contributed by atoms with van der Waals surface area (Å²) in [5, 5.41) is 2.29. The van der Waals surface area contributed by atoms with Gasteiger partial charge in [0.25, 0.3) is 0 Å². The number of sulfone groups is 1. The maximum Gasteiger partial charge on any atom is 0.225 e. The number of benzene rings is 2. The van der Waals surface area contributed by atoms with Crippen LogP contribution in [0, 0.1) is 11.8 Å². The number of nitrogens with zero attached hydrogens (tertiary/aromatic N) is 1. The molecule has 1 amide bonds. The third-order valence-corrected chi connectivity index (χ3v) is 6.39. The molecule has 0 spiro atoms. The molecular weight excluding hydrogens is 372 g/mol. The first-order chi connectivity index (χ1) is 13.2. The zero-order valence-corrected chi connectivity index (χ0v) is 17.5. The van der Waals surface area contributed by atoms with Gasteiger partial charge in [-0.1, -0.05) is 36.1 Å². The van der Waals surface area contributed by atoms with Crippen LogP contribution >= 0.6 is 0 Å². The molecule has 0 atom stereocenters. The first kappa shape index (κ1) is 21.5. The summed E-state index contributed by atoms with van der Waals surface area (Å²) in [6.07, 6.45) is 0.179. The number of nitrogens with one attached hydrogen (secondary N) is 1. The topological polar surface area (TPSA) is 66.5 Å². The minimum Gasteiger partial charge on any atom is -0.377 e. The van der Waals surface area contributed by atoms with Gasteiger partial charge in [-0.25, -0.2) is 8.42 Å². The molecule has 2 rings (SSSR count). The average molecular weight is 399 g/mol. The van der Waals surface area contributed by atoms with Crippen LogP contribution in [-0.2, 0) is 21.1 Å². The Hall–Kier alpha value is -2.78. The molecule has 0 saturated heterocycles. The highest BCUT2D eigenvalue weighted by molar-refractivity contribution is 7.92. The normalized spacial score (nSPS) is 10.9. The van der Waals surface area contributed by atoms with Crippen molar-refractivity contribution in [3.8, 4) is 11.8 Å². The second kappa shape index (κ2) is 9.43. The lowest BCUT2D eigenvalue weighted by Crippen LogP contribution is -2.25. The van der Waals surface area contributed by atoms with Gasteiger partial charge in [-0.3, -0.25) is 4.79 Å². The Morgan fingerprint density at radius 1 is 1.07 bits per heavy atom. The predicted molar refractivity (Wildman–Crippen MR) is 113 cm³/mol. The Morgan fingerprint density at radius 2 is 1.71 bits per heavy atom. The summed E-state index contributed by atoms with van der Waals surface area (Å²) < 4.78 is 24.3. The fourth-order valence-corrected chi connectivity index (χ4v) is 3.63. The van der Waals surface area contributed by atoms with Crippen LogP contribution in [0.4, 0.5) is 5.69 Å². The van der Waals surface area contributed by atoms with Gasteiger partial charge < -0.3 is 10.2 Å². The standard InChI is InChI=1S/C22H26N2O3S/c1-17(2)28(26,27)20-13-11-18(12-14-20)16-22(25)23-15-7-9-19-8-5-6-10-21(19)24(3)4/h5-6,8,10-14,17H,15-16H2,1-4H3,(H,23,25). The largest absolute Gasteiger partial charge is 0.377 e. The highest BCUT2D eigenvalue weighted by atomic mass is 32.2. The van der Waals surface area contributed by atoms with Crippen LogP contribution in [0.25, 0.3) is 0 Å². The summed E-state index contributed by atoms with van der Waals surface area (Å²) in [6, 6.07) is 14.3. The van der Waals surface area contributed by atoms with E-state index < -0.39 is 15.1 Å². The van der Waals surface area contributed by atoms with Crippen LogP contribution in [-0.4, -0.2) is 40.2 Å². The summed E-state index contributed by atoms with van der Waals surface area (Å²) in [7, 11) is 0.619. The third-order valence-electron chi connectivity index (χ3n) is 4.22. The molecule has 1 N–H and O–H groups in total. The lowest BCUT2D eigenvalue weighted by atomic mass is 10.1. The molecule has 0 fully saturated rings. The van der Waals surface area contributed by atoms with Crippen molar-refractivity contribution in [3.63, 3.8) is 0 Å². The molecule has 0 saturated carbocycles. The molecule has 0 unspecified atom stereocenters. The van der Waals surface area contributed by atoms with Gasteiger partial charge in [0.1, 0.15) is 0 Å². The average Bonchev–Trinajstić information content (AvgIpc) is 2.65. The Kier molecular flexibility index (Phi) is 7.24. The van der Waals surface area contributed by atoms with E-state index in [2.05, 4.69) is 17.2 Å². The van der Waals surface area contributed by atoms with E-state index in [1.807, 2.05) is 43.3 Å². The van der Waals surface area contributed by atoms with Crippen molar-refractivity contribution in [2.24, 2.45) is 0 Å². The number of amides is 1. The lowest BCUT2D eigenvalue weighted by molar-refractivity contribution is -0.120. The summed E-state index contributed by atoms with van der Waals surface area (Å²) >= 11 is 0. The number of carbonyl (C=O) groups excluding carboxylic acids is 1. The molecule has 2 aromatic rings. The molecule has 5 nitrogen and oxygen atoms in total. The first-order valence-corrected chi connectivity index (χ1v) is 10.6. The Bertz CT molecular complexity index is 982. The summed E-state index contributed by atoms with van der Waals surface area (Å²) in [4.78, 5) is 14.4. The van der Waals surface area contributed by atoms with E-state index in [0.717, 1.165) is 16.8 Å². The minimum absolute atomic E-state index is 0.158. The maximum atomic E-state index is 12.1. The molecule has 6 heteroatoms. The van der Waals surface area contributed by atoms with Gasteiger partial charge in [0.15, 0.2) is 9.84 Å². The second-order valence-corrected chi connectivity index (χ2v) is 9.41. The van der Waals surface area contributed by atoms with E-state index in [-0.39, 0.29) is 23.8 Å². The van der Waals surface area contributed by atoms with Crippen molar-refractivity contribution < 1.29 is 13.2 Å². The van der Waals surface area contributed by atoms with Crippen molar-refractivity contribution in [1.82, 2.24) is 5.32 Å². The van der Waals surface area contributed by atoms with E-state index in [4.69, 9.17) is 0 Å². The van der Waals surface area contributed by atoms with E-state index in [1.54, 1.807) is 38.1 Å². The van der Waals surface area contributed by atoms with E-state index >= 15 is 0 Å². The number of carbonyl (C=O) groups is 1. The maximum absolute atomic E-state index is 12.1. The number of hydrogen-bond donors (Lipinski definition) is 1. The molecule has 2 aromatic carbocycles. The van der Waals surface area contributed by atoms with Crippen molar-refractivity contribution in [2.75, 3.05) is 25.5 Å². The lowest BCUT2D eigenvalue weighted by Gasteiger charge is -2.13. The number of anilines is 1. The van der Waals surface area contributed by atoms with Gasteiger partial charge >= 0.3 is 0 Å². The molecule has 148 valence electrons. The third kappa shape index (κ3) is 5.61. The van der Waals surface area contributed by atoms with Gasteiger partial charge in [0.05, 0.1) is 28.8 Å². The van der Waals surface area contributed by atoms with Gasteiger partial charge in [0.2, 0.25) is 5.91 Å². The zero-order valence-electron chi connectivity index (χ0n) is 16.7. The van der Waals surface area contributed by atoms with Crippen LogP contribution < -0.4 is 10.2 Å². The molecule has 0 heterocycles. The molecular formula is C22H26N2O3S. The first-order valence-electron chi connectivity index (χ1n) is 9.06. The summed E-state index contributed by atoms with van der Waals surface area (Å²) in [5.41, 5.74) is 2.69. The van der Waals surface area contributed by atoms with Crippen LogP contribution in [0.3, 0.4) is 0 Å². The Balaban J connectivity index is 1.92. The molecule has 0 radical (unpaired) electrons. The van der Waals surface area contributed by atoms with Crippen molar-refractivity contribution in [2.45, 2.75) is 30.4 Å². The highest BCUT2D eigenvalue weighted by Gasteiger charge is 2.18.